The molecule has 0 bridgehead atoms. The molecule has 18 heavy (non-hydrogen) atoms. The van der Waals surface area contributed by atoms with Gasteiger partial charge in [-0.1, -0.05) is 51.9 Å². The van der Waals surface area contributed by atoms with Crippen LogP contribution in [0.5, 0.6) is 0 Å². The summed E-state index contributed by atoms with van der Waals surface area (Å²) in [5.74, 6) is 5.61. The van der Waals surface area contributed by atoms with E-state index in [1.807, 2.05) is 4.90 Å². The highest BCUT2D eigenvalue weighted by Gasteiger charge is 2.22. The summed E-state index contributed by atoms with van der Waals surface area (Å²) in [6.45, 7) is 4.70. The lowest BCUT2D eigenvalue weighted by Gasteiger charge is -2.32. The minimum Gasteiger partial charge on any atom is -0.323 e. The molecule has 0 radical (unpaired) electrons. The van der Waals surface area contributed by atoms with Gasteiger partial charge in [0, 0.05) is 19.6 Å². The Labute approximate surface area is 111 Å². The highest BCUT2D eigenvalue weighted by molar-refractivity contribution is 5.74. The molecule has 1 rings (SSSR count). The predicted molar refractivity (Wildman–Crippen MR) is 75.1 cm³/mol. The first-order valence-corrected chi connectivity index (χ1v) is 7.57. The molecule has 0 unspecified atom stereocenters. The standard InChI is InChI=1S/C14H29N3O/c1-2-3-4-5-6-7-8-9-11-16-12-10-13-17(15)14(16)18/h2-13,15H2,1H3. The second-order valence-electron chi connectivity index (χ2n) is 5.29. The Hall–Kier alpha value is -0.770. The van der Waals surface area contributed by atoms with Crippen molar-refractivity contribution in [3.8, 4) is 0 Å². The number of hydrazine groups is 1. The topological polar surface area (TPSA) is 49.6 Å². The lowest BCUT2D eigenvalue weighted by molar-refractivity contribution is 0.129. The molecule has 2 N–H and O–H groups in total. The Kier molecular flexibility index (Phi) is 7.81. The summed E-state index contributed by atoms with van der Waals surface area (Å²) in [6, 6.07) is 0.00388. The summed E-state index contributed by atoms with van der Waals surface area (Å²) < 4.78 is 0. The van der Waals surface area contributed by atoms with Gasteiger partial charge in [-0.05, 0) is 12.8 Å². The first kappa shape index (κ1) is 15.3. The van der Waals surface area contributed by atoms with Crippen LogP contribution in [-0.2, 0) is 0 Å². The number of rotatable bonds is 9. The van der Waals surface area contributed by atoms with Crippen molar-refractivity contribution in [1.82, 2.24) is 9.91 Å². The van der Waals surface area contributed by atoms with Gasteiger partial charge in [-0.25, -0.2) is 10.6 Å². The van der Waals surface area contributed by atoms with E-state index in [0.717, 1.165) is 25.9 Å². The van der Waals surface area contributed by atoms with Crippen molar-refractivity contribution in [2.45, 2.75) is 64.7 Å². The minimum absolute atomic E-state index is 0.00388. The van der Waals surface area contributed by atoms with E-state index in [0.29, 0.717) is 6.54 Å². The zero-order chi connectivity index (χ0) is 13.2. The van der Waals surface area contributed by atoms with Crippen LogP contribution in [0.4, 0.5) is 4.79 Å². The summed E-state index contributed by atoms with van der Waals surface area (Å²) in [5.41, 5.74) is 0. The first-order chi connectivity index (χ1) is 8.75. The van der Waals surface area contributed by atoms with Gasteiger partial charge in [0.15, 0.2) is 0 Å². The van der Waals surface area contributed by atoms with Crippen molar-refractivity contribution in [2.24, 2.45) is 5.84 Å². The van der Waals surface area contributed by atoms with Crippen molar-refractivity contribution in [3.05, 3.63) is 0 Å². The van der Waals surface area contributed by atoms with Crippen LogP contribution in [0, 0.1) is 0 Å². The monoisotopic (exact) mass is 255 g/mol. The summed E-state index contributed by atoms with van der Waals surface area (Å²) in [6.07, 6.45) is 11.4. The highest BCUT2D eigenvalue weighted by atomic mass is 16.2. The quantitative estimate of drug-likeness (QED) is 0.391. The van der Waals surface area contributed by atoms with Gasteiger partial charge in [-0.15, -0.1) is 0 Å². The molecule has 1 heterocycles. The molecule has 1 saturated heterocycles. The Morgan fingerprint density at radius 2 is 1.61 bits per heavy atom. The number of nitrogens with two attached hydrogens (primary N) is 1. The Bertz CT molecular complexity index is 233. The zero-order valence-corrected chi connectivity index (χ0v) is 11.9. The Balaban J connectivity index is 1.95. The normalized spacial score (nSPS) is 16.4. The molecule has 0 aliphatic carbocycles. The summed E-state index contributed by atoms with van der Waals surface area (Å²) in [7, 11) is 0. The van der Waals surface area contributed by atoms with E-state index in [2.05, 4.69) is 6.92 Å². The molecule has 0 aromatic carbocycles. The third-order valence-electron chi connectivity index (χ3n) is 3.62. The molecule has 0 aromatic heterocycles. The van der Waals surface area contributed by atoms with E-state index in [1.54, 1.807) is 0 Å². The van der Waals surface area contributed by atoms with E-state index >= 15 is 0 Å². The van der Waals surface area contributed by atoms with Gasteiger partial charge in [-0.2, -0.15) is 0 Å². The average molecular weight is 255 g/mol. The summed E-state index contributed by atoms with van der Waals surface area (Å²) in [4.78, 5) is 13.6. The van der Waals surface area contributed by atoms with Crippen LogP contribution < -0.4 is 5.84 Å². The fourth-order valence-corrected chi connectivity index (χ4v) is 2.45. The van der Waals surface area contributed by atoms with Crippen molar-refractivity contribution in [3.63, 3.8) is 0 Å². The van der Waals surface area contributed by atoms with Crippen LogP contribution in [0.1, 0.15) is 64.7 Å². The molecule has 0 spiro atoms. The van der Waals surface area contributed by atoms with Gasteiger partial charge in [0.2, 0.25) is 0 Å². The molecule has 0 atom stereocenters. The molecular formula is C14H29N3O. The summed E-state index contributed by atoms with van der Waals surface area (Å²) >= 11 is 0. The second-order valence-corrected chi connectivity index (χ2v) is 5.29. The van der Waals surface area contributed by atoms with Crippen molar-refractivity contribution >= 4 is 6.03 Å². The summed E-state index contributed by atoms with van der Waals surface area (Å²) in [5, 5.41) is 1.34. The molecule has 1 aliphatic heterocycles. The molecule has 106 valence electrons. The lowest BCUT2D eigenvalue weighted by atomic mass is 10.1. The molecule has 1 aliphatic rings. The number of hydrogen-bond donors (Lipinski definition) is 1. The fourth-order valence-electron chi connectivity index (χ4n) is 2.45. The third-order valence-corrected chi connectivity index (χ3v) is 3.62. The number of unbranched alkanes of at least 4 members (excludes halogenated alkanes) is 7. The smallest absolute Gasteiger partial charge is 0.323 e. The SMILES string of the molecule is CCCCCCCCCCN1CCCN(N)C1=O. The van der Waals surface area contributed by atoms with E-state index in [9.17, 15) is 4.79 Å². The fraction of sp³-hybridized carbons (Fsp3) is 0.929. The Morgan fingerprint density at radius 3 is 2.28 bits per heavy atom. The number of urea groups is 1. The molecule has 1 fully saturated rings. The lowest BCUT2D eigenvalue weighted by Crippen LogP contribution is -2.52. The van der Waals surface area contributed by atoms with Gasteiger partial charge in [0.05, 0.1) is 0 Å². The molecule has 4 heteroatoms. The number of nitrogens with zero attached hydrogens (tertiary/aromatic N) is 2. The first-order valence-electron chi connectivity index (χ1n) is 7.57. The molecule has 2 amide bonds. The molecular weight excluding hydrogens is 226 g/mol. The van der Waals surface area contributed by atoms with Gasteiger partial charge in [0.25, 0.3) is 0 Å². The molecule has 0 aromatic rings. The van der Waals surface area contributed by atoms with Crippen molar-refractivity contribution in [2.75, 3.05) is 19.6 Å². The minimum atomic E-state index is 0.00388. The second kappa shape index (κ2) is 9.20. The van der Waals surface area contributed by atoms with E-state index < -0.39 is 0 Å². The predicted octanol–water partition coefficient (Wildman–Crippen LogP) is 3.13. The van der Waals surface area contributed by atoms with Crippen LogP contribution in [0.2, 0.25) is 0 Å². The maximum absolute atomic E-state index is 11.7. The maximum Gasteiger partial charge on any atom is 0.334 e. The number of hydrogen-bond acceptors (Lipinski definition) is 2. The van der Waals surface area contributed by atoms with E-state index in [1.165, 1.54) is 50.0 Å². The van der Waals surface area contributed by atoms with Crippen molar-refractivity contribution in [1.29, 1.82) is 0 Å². The van der Waals surface area contributed by atoms with Gasteiger partial charge in [0.1, 0.15) is 0 Å². The molecule has 4 nitrogen and oxygen atoms in total. The van der Waals surface area contributed by atoms with Gasteiger partial charge >= 0.3 is 6.03 Å². The van der Waals surface area contributed by atoms with Crippen LogP contribution >= 0.6 is 0 Å². The maximum atomic E-state index is 11.7. The van der Waals surface area contributed by atoms with E-state index in [-0.39, 0.29) is 6.03 Å². The average Bonchev–Trinajstić information content (AvgIpc) is 2.37. The number of amides is 2. The number of carbonyl (C=O) groups excluding carboxylic acids is 1. The Morgan fingerprint density at radius 1 is 1.00 bits per heavy atom. The largest absolute Gasteiger partial charge is 0.334 e. The third kappa shape index (κ3) is 5.71. The number of carbonyl (C=O) groups is 1. The zero-order valence-electron chi connectivity index (χ0n) is 11.9. The highest BCUT2D eigenvalue weighted by Crippen LogP contribution is 2.11. The van der Waals surface area contributed by atoms with Crippen molar-refractivity contribution < 1.29 is 4.79 Å². The van der Waals surface area contributed by atoms with Crippen LogP contribution in [0.25, 0.3) is 0 Å². The van der Waals surface area contributed by atoms with Crippen LogP contribution in [0.15, 0.2) is 0 Å². The van der Waals surface area contributed by atoms with Gasteiger partial charge < -0.3 is 4.90 Å². The van der Waals surface area contributed by atoms with Gasteiger partial charge in [-0.3, -0.25) is 5.01 Å². The van der Waals surface area contributed by atoms with Crippen LogP contribution in [-0.4, -0.2) is 35.6 Å². The molecule has 0 saturated carbocycles. The van der Waals surface area contributed by atoms with E-state index in [4.69, 9.17) is 5.84 Å². The van der Waals surface area contributed by atoms with Crippen LogP contribution in [0.3, 0.4) is 0 Å².